The number of carbonyl (C=O) groups is 1. The van der Waals surface area contributed by atoms with E-state index in [0.717, 1.165) is 18.4 Å². The van der Waals surface area contributed by atoms with Crippen molar-refractivity contribution >= 4 is 5.97 Å². The first-order valence-electron chi connectivity index (χ1n) is 11.3. The third-order valence-corrected chi connectivity index (χ3v) is 7.87. The molecule has 2 aromatic rings. The highest BCUT2D eigenvalue weighted by atomic mass is 19.2. The Labute approximate surface area is 190 Å². The van der Waals surface area contributed by atoms with Gasteiger partial charge in [0.1, 0.15) is 0 Å². The molecule has 2 nitrogen and oxygen atoms in total. The van der Waals surface area contributed by atoms with Crippen LogP contribution in [0.15, 0.2) is 18.2 Å². The van der Waals surface area contributed by atoms with E-state index >= 15 is 0 Å². The molecule has 0 unspecified atom stereocenters. The van der Waals surface area contributed by atoms with Crippen molar-refractivity contribution in [2.24, 2.45) is 11.3 Å². The number of hydrogen-bond acceptors (Lipinski definition) is 2. The monoisotopic (exact) mass is 466 g/mol. The fraction of sp³-hybridized carbons (Fsp3) is 0.500. The quantitative estimate of drug-likeness (QED) is 0.158. The van der Waals surface area contributed by atoms with Crippen molar-refractivity contribution in [3.8, 4) is 5.75 Å². The molecule has 0 N–H and O–H groups in total. The molecule has 2 aliphatic carbocycles. The van der Waals surface area contributed by atoms with Gasteiger partial charge in [-0.25, -0.2) is 13.2 Å². The summed E-state index contributed by atoms with van der Waals surface area (Å²) in [4.78, 5) is 13.3. The number of fused-ring (bicyclic) bond motifs is 3. The fourth-order valence-corrected chi connectivity index (χ4v) is 6.00. The lowest BCUT2D eigenvalue weighted by atomic mass is 9.49. The van der Waals surface area contributed by atoms with Crippen LogP contribution in [0.4, 0.5) is 22.0 Å². The molecule has 0 aromatic heterocycles. The molecule has 7 heteroatoms. The van der Waals surface area contributed by atoms with Crippen LogP contribution >= 0.6 is 0 Å². The second kappa shape index (κ2) is 8.10. The zero-order valence-electron chi connectivity index (χ0n) is 19.1. The molecule has 0 amide bonds. The van der Waals surface area contributed by atoms with Crippen molar-refractivity contribution in [1.29, 1.82) is 0 Å². The summed E-state index contributed by atoms with van der Waals surface area (Å²) in [7, 11) is 0. The number of carbonyl (C=O) groups excluding carboxylic acids is 1. The smallest absolute Gasteiger partial charge is 0.317 e. The lowest BCUT2D eigenvalue weighted by Gasteiger charge is -2.54. The van der Waals surface area contributed by atoms with Crippen LogP contribution in [-0.2, 0) is 16.6 Å². The van der Waals surface area contributed by atoms with Gasteiger partial charge in [-0.15, -0.1) is 0 Å². The number of aryl methyl sites for hydroxylation is 1. The van der Waals surface area contributed by atoms with Gasteiger partial charge in [0.2, 0.25) is 34.8 Å². The van der Waals surface area contributed by atoms with Crippen LogP contribution in [0, 0.1) is 40.4 Å². The first-order valence-corrected chi connectivity index (χ1v) is 11.3. The van der Waals surface area contributed by atoms with Gasteiger partial charge in [-0.2, -0.15) is 8.78 Å². The Hall–Kier alpha value is -2.44. The van der Waals surface area contributed by atoms with Gasteiger partial charge in [0, 0.05) is 0 Å². The molecule has 0 spiro atoms. The number of ether oxygens (including phenoxy) is 1. The van der Waals surface area contributed by atoms with E-state index in [1.54, 1.807) is 6.92 Å². The molecule has 0 saturated heterocycles. The van der Waals surface area contributed by atoms with Crippen LogP contribution in [-0.4, -0.2) is 5.97 Å². The number of hydrogen-bond donors (Lipinski definition) is 0. The molecule has 4 rings (SSSR count). The van der Waals surface area contributed by atoms with Crippen LogP contribution in [0.1, 0.15) is 76.0 Å². The molecule has 0 aliphatic heterocycles. The molecule has 0 radical (unpaired) electrons. The summed E-state index contributed by atoms with van der Waals surface area (Å²) < 4.78 is 73.9. The summed E-state index contributed by atoms with van der Waals surface area (Å²) in [5, 5.41) is 0. The topological polar surface area (TPSA) is 26.3 Å². The highest BCUT2D eigenvalue weighted by Gasteiger charge is 2.56. The molecule has 33 heavy (non-hydrogen) atoms. The van der Waals surface area contributed by atoms with Gasteiger partial charge in [0.15, 0.2) is 0 Å². The zero-order valence-corrected chi connectivity index (χ0v) is 19.1. The van der Waals surface area contributed by atoms with E-state index in [9.17, 15) is 26.7 Å². The van der Waals surface area contributed by atoms with E-state index in [-0.39, 0.29) is 11.3 Å². The summed E-state index contributed by atoms with van der Waals surface area (Å²) in [5.41, 5.74) is 2.11. The molecular weight excluding hydrogens is 439 g/mol. The Morgan fingerprint density at radius 2 is 1.58 bits per heavy atom. The molecule has 1 saturated carbocycles. The van der Waals surface area contributed by atoms with Gasteiger partial charge in [-0.1, -0.05) is 45.4 Å². The van der Waals surface area contributed by atoms with Crippen LogP contribution in [0.25, 0.3) is 0 Å². The summed E-state index contributed by atoms with van der Waals surface area (Å²) in [5.74, 6) is -13.2. The number of halogens is 5. The zero-order chi connectivity index (χ0) is 24.3. The standard InChI is InChI=1S/C26H27F5O2/c1-13(2)14-6-8-16-15(12-14)7-9-17-25(16,3)10-5-11-26(17,4)24(32)33-23-21(30)19(28)18(27)20(29)22(23)31/h6,8,12-13,17H,5,7,9-11H2,1-4H3/t17-,25-,26-/m1/s1. The van der Waals surface area contributed by atoms with E-state index in [0.29, 0.717) is 25.2 Å². The summed E-state index contributed by atoms with van der Waals surface area (Å²) in [6.07, 6.45) is 3.30. The van der Waals surface area contributed by atoms with Crippen LogP contribution in [0.5, 0.6) is 5.75 Å². The molecule has 0 bridgehead atoms. The highest BCUT2D eigenvalue weighted by molar-refractivity contribution is 5.80. The largest absolute Gasteiger partial charge is 0.420 e. The molecule has 3 atom stereocenters. The third-order valence-electron chi connectivity index (χ3n) is 7.87. The Morgan fingerprint density at radius 3 is 2.18 bits per heavy atom. The van der Waals surface area contributed by atoms with Crippen LogP contribution in [0.3, 0.4) is 0 Å². The molecule has 1 fully saturated rings. The Kier molecular flexibility index (Phi) is 5.82. The molecule has 178 valence electrons. The number of rotatable bonds is 3. The second-order valence-corrected chi connectivity index (χ2v) is 10.1. The Bertz CT molecular complexity index is 1100. The van der Waals surface area contributed by atoms with Gasteiger partial charge in [-0.3, -0.25) is 4.79 Å². The summed E-state index contributed by atoms with van der Waals surface area (Å²) in [6.45, 7) is 8.02. The van der Waals surface area contributed by atoms with Gasteiger partial charge >= 0.3 is 5.97 Å². The SMILES string of the molecule is CC(C)c1ccc2c(c1)CC[C@H]1[C@](C)(C(=O)Oc3c(F)c(F)c(F)c(F)c3F)CCC[C@]21C. The average Bonchev–Trinajstić information content (AvgIpc) is 2.78. The minimum absolute atomic E-state index is 0.204. The van der Waals surface area contributed by atoms with Crippen molar-refractivity contribution in [3.05, 3.63) is 64.0 Å². The predicted octanol–water partition coefficient (Wildman–Crippen LogP) is 7.12. The van der Waals surface area contributed by atoms with Crippen molar-refractivity contribution in [2.75, 3.05) is 0 Å². The van der Waals surface area contributed by atoms with Crippen molar-refractivity contribution in [3.63, 3.8) is 0 Å². The Balaban J connectivity index is 1.71. The molecular formula is C26H27F5O2. The lowest BCUT2D eigenvalue weighted by Crippen LogP contribution is -2.53. The minimum Gasteiger partial charge on any atom is -0.420 e. The third kappa shape index (κ3) is 3.55. The molecule has 2 aromatic carbocycles. The van der Waals surface area contributed by atoms with Gasteiger partial charge in [0.25, 0.3) is 0 Å². The van der Waals surface area contributed by atoms with Crippen molar-refractivity contribution < 1.29 is 31.5 Å². The second-order valence-electron chi connectivity index (χ2n) is 10.1. The maximum absolute atomic E-state index is 14.2. The van der Waals surface area contributed by atoms with E-state index < -0.39 is 46.2 Å². The lowest BCUT2D eigenvalue weighted by molar-refractivity contribution is -0.154. The van der Waals surface area contributed by atoms with E-state index in [4.69, 9.17) is 4.74 Å². The van der Waals surface area contributed by atoms with E-state index in [2.05, 4.69) is 39.0 Å². The van der Waals surface area contributed by atoms with E-state index in [1.807, 2.05) is 0 Å². The first-order chi connectivity index (χ1) is 15.4. The average molecular weight is 466 g/mol. The van der Waals surface area contributed by atoms with Crippen molar-refractivity contribution in [1.82, 2.24) is 0 Å². The van der Waals surface area contributed by atoms with Crippen LogP contribution in [0.2, 0.25) is 0 Å². The van der Waals surface area contributed by atoms with Crippen LogP contribution < -0.4 is 4.74 Å². The fourth-order valence-electron chi connectivity index (χ4n) is 6.00. The number of esters is 1. The normalized spacial score (nSPS) is 26.7. The molecule has 0 heterocycles. The summed E-state index contributed by atoms with van der Waals surface area (Å²) >= 11 is 0. The molecule has 2 aliphatic rings. The minimum atomic E-state index is -2.29. The maximum Gasteiger partial charge on any atom is 0.317 e. The maximum atomic E-state index is 14.2. The number of benzene rings is 2. The van der Waals surface area contributed by atoms with Gasteiger partial charge in [-0.05, 0) is 66.5 Å². The Morgan fingerprint density at radius 1 is 0.970 bits per heavy atom. The van der Waals surface area contributed by atoms with Gasteiger partial charge in [0.05, 0.1) is 5.41 Å². The predicted molar refractivity (Wildman–Crippen MR) is 114 cm³/mol. The first kappa shape index (κ1) is 23.7. The van der Waals surface area contributed by atoms with Crippen molar-refractivity contribution in [2.45, 2.75) is 71.1 Å². The highest BCUT2D eigenvalue weighted by Crippen LogP contribution is 2.58. The van der Waals surface area contributed by atoms with E-state index in [1.165, 1.54) is 11.1 Å². The summed E-state index contributed by atoms with van der Waals surface area (Å²) in [6, 6.07) is 6.41. The van der Waals surface area contributed by atoms with Gasteiger partial charge < -0.3 is 4.74 Å².